The summed E-state index contributed by atoms with van der Waals surface area (Å²) >= 11 is 0. The van der Waals surface area contributed by atoms with Gasteiger partial charge in [0.2, 0.25) is 0 Å². The number of anilines is 1. The number of hydrogen-bond donors (Lipinski definition) is 1. The van der Waals surface area contributed by atoms with Crippen molar-refractivity contribution >= 4 is 11.6 Å². The Bertz CT molecular complexity index is 611. The van der Waals surface area contributed by atoms with Gasteiger partial charge in [0, 0.05) is 24.9 Å². The molecule has 3 rings (SSSR count). The summed E-state index contributed by atoms with van der Waals surface area (Å²) in [6, 6.07) is 8.39. The number of carbonyl (C=O) groups is 1. The van der Waals surface area contributed by atoms with Gasteiger partial charge < -0.3 is 19.7 Å². The van der Waals surface area contributed by atoms with Gasteiger partial charge in [-0.05, 0) is 89.6 Å². The number of benzene rings is 1. The van der Waals surface area contributed by atoms with Crippen molar-refractivity contribution in [3.8, 4) is 5.75 Å². The fraction of sp³-hybridized carbons (Fsp3) is 0.696. The van der Waals surface area contributed by atoms with Crippen molar-refractivity contribution in [3.05, 3.63) is 24.3 Å². The van der Waals surface area contributed by atoms with Crippen LogP contribution in [0.15, 0.2) is 24.3 Å². The van der Waals surface area contributed by atoms with E-state index in [1.54, 1.807) is 0 Å². The van der Waals surface area contributed by atoms with Gasteiger partial charge in [-0.25, -0.2) is 0 Å². The number of nitrogens with one attached hydrogen (secondary N) is 1. The van der Waals surface area contributed by atoms with E-state index in [9.17, 15) is 4.79 Å². The summed E-state index contributed by atoms with van der Waals surface area (Å²) in [5.41, 5.74) is 0.153. The van der Waals surface area contributed by atoms with Crippen LogP contribution in [0.4, 0.5) is 5.69 Å². The van der Waals surface area contributed by atoms with Crippen molar-refractivity contribution in [2.75, 3.05) is 31.6 Å². The summed E-state index contributed by atoms with van der Waals surface area (Å²) < 4.78 is 11.7. The Balaban J connectivity index is 1.42. The lowest BCUT2D eigenvalue weighted by molar-refractivity contribution is -0.140. The molecule has 1 aromatic rings. The molecule has 1 N–H and O–H groups in total. The van der Waals surface area contributed by atoms with E-state index in [1.807, 2.05) is 31.2 Å². The predicted molar refractivity (Wildman–Crippen MR) is 113 cm³/mol. The second-order valence-electron chi connectivity index (χ2n) is 8.20. The maximum Gasteiger partial charge on any atom is 0.256 e. The van der Waals surface area contributed by atoms with Crippen molar-refractivity contribution in [2.45, 2.75) is 76.9 Å². The average molecular weight is 389 g/mol. The van der Waals surface area contributed by atoms with Crippen LogP contribution in [0.2, 0.25) is 0 Å². The summed E-state index contributed by atoms with van der Waals surface area (Å²) in [5.74, 6) is 0.834. The molecule has 5 heteroatoms. The second-order valence-corrected chi connectivity index (χ2v) is 8.20. The molecule has 0 unspecified atom stereocenters. The van der Waals surface area contributed by atoms with Crippen LogP contribution in [0, 0.1) is 0 Å². The number of piperidine rings is 1. The number of rotatable bonds is 9. The van der Waals surface area contributed by atoms with Crippen molar-refractivity contribution in [1.29, 1.82) is 0 Å². The molecular formula is C23H36N2O3. The number of ether oxygens (including phenoxy) is 2. The molecular weight excluding hydrogens is 352 g/mol. The first kappa shape index (κ1) is 21.1. The highest BCUT2D eigenvalue weighted by Crippen LogP contribution is 2.34. The van der Waals surface area contributed by atoms with Crippen LogP contribution in [0.5, 0.6) is 5.75 Å². The molecule has 1 aliphatic heterocycles. The van der Waals surface area contributed by atoms with E-state index >= 15 is 0 Å². The van der Waals surface area contributed by atoms with E-state index in [1.165, 1.54) is 25.8 Å². The van der Waals surface area contributed by atoms with Crippen LogP contribution in [0.1, 0.15) is 65.2 Å². The van der Waals surface area contributed by atoms with E-state index < -0.39 is 5.60 Å². The number of amides is 1. The standard InChI is InChI=1S/C23H36N2O3/c1-3-28-23(14-5-6-15-23)22(26)24-20-10-12-21(13-11-20)27-18-8-17-25-16-7-4-9-19(25)2/h10-13,19H,3-9,14-18H2,1-2H3,(H,24,26)/t19-/m1/s1. The summed E-state index contributed by atoms with van der Waals surface area (Å²) in [5, 5.41) is 3.03. The first-order valence-electron chi connectivity index (χ1n) is 11.1. The van der Waals surface area contributed by atoms with Crippen LogP contribution in [-0.2, 0) is 9.53 Å². The number of carbonyl (C=O) groups excluding carboxylic acids is 1. The zero-order valence-corrected chi connectivity index (χ0v) is 17.5. The van der Waals surface area contributed by atoms with Crippen LogP contribution < -0.4 is 10.1 Å². The minimum absolute atomic E-state index is 0.0174. The Morgan fingerprint density at radius 3 is 2.61 bits per heavy atom. The number of hydrogen-bond acceptors (Lipinski definition) is 4. The first-order chi connectivity index (χ1) is 13.6. The highest BCUT2D eigenvalue weighted by Gasteiger charge is 2.41. The zero-order valence-electron chi connectivity index (χ0n) is 17.5. The highest BCUT2D eigenvalue weighted by atomic mass is 16.5. The molecule has 1 amide bonds. The monoisotopic (exact) mass is 388 g/mol. The second kappa shape index (κ2) is 10.3. The van der Waals surface area contributed by atoms with E-state index in [-0.39, 0.29) is 5.91 Å². The normalized spacial score (nSPS) is 22.1. The van der Waals surface area contributed by atoms with Crippen LogP contribution in [-0.4, -0.2) is 48.8 Å². The fourth-order valence-corrected chi connectivity index (χ4v) is 4.49. The predicted octanol–water partition coefficient (Wildman–Crippen LogP) is 4.62. The molecule has 1 saturated heterocycles. The minimum Gasteiger partial charge on any atom is -0.494 e. The zero-order chi connectivity index (χ0) is 19.8. The molecule has 1 aromatic carbocycles. The van der Waals surface area contributed by atoms with E-state index in [2.05, 4.69) is 17.1 Å². The maximum absolute atomic E-state index is 12.7. The van der Waals surface area contributed by atoms with Crippen LogP contribution >= 0.6 is 0 Å². The van der Waals surface area contributed by atoms with Crippen LogP contribution in [0.3, 0.4) is 0 Å². The maximum atomic E-state index is 12.7. The third-order valence-electron chi connectivity index (χ3n) is 6.16. The van der Waals surface area contributed by atoms with E-state index in [4.69, 9.17) is 9.47 Å². The molecule has 0 aromatic heterocycles. The lowest BCUT2D eigenvalue weighted by atomic mass is 10.0. The van der Waals surface area contributed by atoms with Gasteiger partial charge in [0.1, 0.15) is 11.4 Å². The molecule has 0 bridgehead atoms. The van der Waals surface area contributed by atoms with Gasteiger partial charge >= 0.3 is 0 Å². The minimum atomic E-state index is -0.643. The van der Waals surface area contributed by atoms with E-state index in [0.29, 0.717) is 12.6 Å². The topological polar surface area (TPSA) is 50.8 Å². The van der Waals surface area contributed by atoms with Gasteiger partial charge in [-0.2, -0.15) is 0 Å². The Kier molecular flexibility index (Phi) is 7.74. The van der Waals surface area contributed by atoms with Gasteiger partial charge in [0.05, 0.1) is 6.61 Å². The van der Waals surface area contributed by atoms with Gasteiger partial charge in [-0.3, -0.25) is 4.79 Å². The van der Waals surface area contributed by atoms with Crippen molar-refractivity contribution in [3.63, 3.8) is 0 Å². The van der Waals surface area contributed by atoms with Crippen molar-refractivity contribution < 1.29 is 14.3 Å². The van der Waals surface area contributed by atoms with Crippen molar-refractivity contribution in [1.82, 2.24) is 4.90 Å². The SMILES string of the molecule is CCOC1(C(=O)Nc2ccc(OCCCN3CCCC[C@H]3C)cc2)CCCC1. The number of nitrogens with zero attached hydrogens (tertiary/aromatic N) is 1. The highest BCUT2D eigenvalue weighted by molar-refractivity contribution is 5.97. The fourth-order valence-electron chi connectivity index (χ4n) is 4.49. The van der Waals surface area contributed by atoms with Gasteiger partial charge in [0.25, 0.3) is 5.91 Å². The third kappa shape index (κ3) is 5.48. The van der Waals surface area contributed by atoms with Crippen LogP contribution in [0.25, 0.3) is 0 Å². The smallest absolute Gasteiger partial charge is 0.256 e. The van der Waals surface area contributed by atoms with Gasteiger partial charge in [-0.1, -0.05) is 6.42 Å². The lowest BCUT2D eigenvalue weighted by Crippen LogP contribution is -2.43. The number of likely N-dealkylation sites (tertiary alicyclic amines) is 1. The molecule has 0 radical (unpaired) electrons. The molecule has 5 nitrogen and oxygen atoms in total. The van der Waals surface area contributed by atoms with Gasteiger partial charge in [0.15, 0.2) is 0 Å². The largest absolute Gasteiger partial charge is 0.494 e. The molecule has 156 valence electrons. The molecule has 1 aliphatic carbocycles. The molecule has 2 aliphatic rings. The van der Waals surface area contributed by atoms with Crippen molar-refractivity contribution in [2.24, 2.45) is 0 Å². The third-order valence-corrected chi connectivity index (χ3v) is 6.16. The summed E-state index contributed by atoms with van der Waals surface area (Å²) in [6.45, 7) is 7.89. The Hall–Kier alpha value is -1.59. The molecule has 28 heavy (non-hydrogen) atoms. The quantitative estimate of drug-likeness (QED) is 0.627. The molecule has 1 saturated carbocycles. The molecule has 0 spiro atoms. The molecule has 1 heterocycles. The summed E-state index contributed by atoms with van der Waals surface area (Å²) in [7, 11) is 0. The Morgan fingerprint density at radius 2 is 1.93 bits per heavy atom. The van der Waals surface area contributed by atoms with E-state index in [0.717, 1.165) is 56.7 Å². The lowest BCUT2D eigenvalue weighted by Gasteiger charge is -2.33. The average Bonchev–Trinajstić information content (AvgIpc) is 3.18. The summed E-state index contributed by atoms with van der Waals surface area (Å²) in [4.78, 5) is 15.3. The van der Waals surface area contributed by atoms with Gasteiger partial charge in [-0.15, -0.1) is 0 Å². The molecule has 2 fully saturated rings. The Labute approximate surface area is 169 Å². The summed E-state index contributed by atoms with van der Waals surface area (Å²) in [6.07, 6.45) is 8.77. The first-order valence-corrected chi connectivity index (χ1v) is 11.1. The Morgan fingerprint density at radius 1 is 1.18 bits per heavy atom. The molecule has 1 atom stereocenters.